The Morgan fingerprint density at radius 2 is 0.678 bits per heavy atom. The van der Waals surface area contributed by atoms with E-state index in [1.165, 1.54) is 53.2 Å². The van der Waals surface area contributed by atoms with Gasteiger partial charge in [-0.1, -0.05) is 200 Å². The second kappa shape index (κ2) is 14.8. The van der Waals surface area contributed by atoms with Gasteiger partial charge in [-0.3, -0.25) is 0 Å². The Kier molecular flexibility index (Phi) is 8.68. The molecular weight excluding hydrogens is 735 g/mol. The molecule has 0 radical (unpaired) electrons. The number of benzene rings is 9. The van der Waals surface area contributed by atoms with Gasteiger partial charge in [0.1, 0.15) is 0 Å². The summed E-state index contributed by atoms with van der Waals surface area (Å²) >= 11 is 1.86. The van der Waals surface area contributed by atoms with Gasteiger partial charge in [0, 0.05) is 36.9 Å². The summed E-state index contributed by atoms with van der Waals surface area (Å²) < 4.78 is 2.62. The molecule has 2 aromatic heterocycles. The Morgan fingerprint density at radius 3 is 1.37 bits per heavy atom. The first-order chi connectivity index (χ1) is 29.2. The number of thiophene rings is 1. The lowest BCUT2D eigenvalue weighted by molar-refractivity contribution is 1.07. The molecule has 9 aromatic carbocycles. The summed E-state index contributed by atoms with van der Waals surface area (Å²) in [5.41, 5.74) is 12.1. The van der Waals surface area contributed by atoms with Gasteiger partial charge in [-0.25, -0.2) is 15.0 Å². The number of hydrogen-bond donors (Lipinski definition) is 0. The summed E-state index contributed by atoms with van der Waals surface area (Å²) in [6.45, 7) is 0. The van der Waals surface area contributed by atoms with E-state index in [9.17, 15) is 0 Å². The molecule has 0 fully saturated rings. The fourth-order valence-corrected chi connectivity index (χ4v) is 9.46. The van der Waals surface area contributed by atoms with Crippen LogP contribution in [0, 0.1) is 0 Å². The van der Waals surface area contributed by atoms with Crippen molar-refractivity contribution in [2.24, 2.45) is 0 Å². The third-order valence-electron chi connectivity index (χ3n) is 11.2. The van der Waals surface area contributed by atoms with Crippen LogP contribution in [0.15, 0.2) is 212 Å². The average Bonchev–Trinajstić information content (AvgIpc) is 3.71. The van der Waals surface area contributed by atoms with Crippen molar-refractivity contribution in [1.82, 2.24) is 15.0 Å². The van der Waals surface area contributed by atoms with Gasteiger partial charge in [-0.2, -0.15) is 0 Å². The maximum Gasteiger partial charge on any atom is 0.164 e. The SMILES string of the molecule is c1ccc(-c2ccc(-c3nc(-c4ccc(-c5ccc(-c6cccc7sc8ccccc8c67)c6ccccc56)cc4)nc(-c4ccccc4-c4ccccc4)n3)cc2)cc1. The molecule has 0 aliphatic rings. The number of nitrogens with zero attached hydrogens (tertiary/aromatic N) is 3. The molecule has 0 spiro atoms. The van der Waals surface area contributed by atoms with Crippen LogP contribution >= 0.6 is 11.3 Å². The number of aromatic nitrogens is 3. The fourth-order valence-electron chi connectivity index (χ4n) is 8.33. The second-order valence-corrected chi connectivity index (χ2v) is 15.8. The van der Waals surface area contributed by atoms with Gasteiger partial charge in [0.05, 0.1) is 0 Å². The van der Waals surface area contributed by atoms with Crippen LogP contribution in [0.5, 0.6) is 0 Å². The summed E-state index contributed by atoms with van der Waals surface area (Å²) in [4.78, 5) is 15.4. The van der Waals surface area contributed by atoms with Crippen LogP contribution in [0.3, 0.4) is 0 Å². The van der Waals surface area contributed by atoms with Crippen LogP contribution in [0.25, 0.3) is 110 Å². The quantitative estimate of drug-likeness (QED) is 0.162. The Bertz CT molecular complexity index is 3300. The van der Waals surface area contributed by atoms with E-state index in [0.717, 1.165) is 38.9 Å². The van der Waals surface area contributed by atoms with E-state index in [0.29, 0.717) is 17.5 Å². The summed E-state index contributed by atoms with van der Waals surface area (Å²) in [7, 11) is 0. The highest BCUT2D eigenvalue weighted by Gasteiger charge is 2.18. The lowest BCUT2D eigenvalue weighted by atomic mass is 9.90. The number of fused-ring (bicyclic) bond motifs is 4. The van der Waals surface area contributed by atoms with Crippen molar-refractivity contribution in [1.29, 1.82) is 0 Å². The Morgan fingerprint density at radius 1 is 0.237 bits per heavy atom. The van der Waals surface area contributed by atoms with Gasteiger partial charge in [0.2, 0.25) is 0 Å². The topological polar surface area (TPSA) is 38.7 Å². The molecule has 0 N–H and O–H groups in total. The zero-order valence-electron chi connectivity index (χ0n) is 32.0. The lowest BCUT2D eigenvalue weighted by Gasteiger charge is -2.14. The third kappa shape index (κ3) is 6.37. The normalized spacial score (nSPS) is 11.4. The minimum absolute atomic E-state index is 0.628. The van der Waals surface area contributed by atoms with Crippen molar-refractivity contribution in [3.05, 3.63) is 212 Å². The minimum atomic E-state index is 0.628. The van der Waals surface area contributed by atoms with Crippen LogP contribution in [0.1, 0.15) is 0 Å². The van der Waals surface area contributed by atoms with Crippen LogP contribution in [-0.2, 0) is 0 Å². The monoisotopic (exact) mass is 769 g/mol. The maximum atomic E-state index is 5.17. The molecule has 0 bridgehead atoms. The van der Waals surface area contributed by atoms with Crippen molar-refractivity contribution >= 4 is 42.3 Å². The van der Waals surface area contributed by atoms with E-state index >= 15 is 0 Å². The van der Waals surface area contributed by atoms with Crippen molar-refractivity contribution in [2.75, 3.05) is 0 Å². The van der Waals surface area contributed by atoms with E-state index in [-0.39, 0.29) is 0 Å². The molecule has 2 heterocycles. The molecule has 0 aliphatic heterocycles. The lowest BCUT2D eigenvalue weighted by Crippen LogP contribution is -2.01. The molecule has 3 nitrogen and oxygen atoms in total. The molecule has 0 saturated carbocycles. The zero-order valence-corrected chi connectivity index (χ0v) is 32.8. The van der Waals surface area contributed by atoms with Gasteiger partial charge in [-0.15, -0.1) is 11.3 Å². The Hall–Kier alpha value is -7.53. The fraction of sp³-hybridized carbons (Fsp3) is 0. The predicted molar refractivity (Wildman–Crippen MR) is 248 cm³/mol. The van der Waals surface area contributed by atoms with Crippen LogP contribution in [0.4, 0.5) is 0 Å². The minimum Gasteiger partial charge on any atom is -0.208 e. The van der Waals surface area contributed by atoms with Crippen LogP contribution in [-0.4, -0.2) is 15.0 Å². The zero-order chi connectivity index (χ0) is 39.1. The highest BCUT2D eigenvalue weighted by Crippen LogP contribution is 2.43. The Labute approximate surface area is 346 Å². The van der Waals surface area contributed by atoms with E-state index in [2.05, 4.69) is 194 Å². The van der Waals surface area contributed by atoms with Crippen molar-refractivity contribution < 1.29 is 0 Å². The predicted octanol–water partition coefficient (Wildman–Crippen LogP) is 15.1. The molecule has 0 atom stereocenters. The summed E-state index contributed by atoms with van der Waals surface area (Å²) in [5, 5.41) is 5.09. The first kappa shape index (κ1) is 34.7. The van der Waals surface area contributed by atoms with E-state index < -0.39 is 0 Å². The smallest absolute Gasteiger partial charge is 0.164 e. The molecule has 0 amide bonds. The van der Waals surface area contributed by atoms with Gasteiger partial charge in [0.15, 0.2) is 17.5 Å². The summed E-state index contributed by atoms with van der Waals surface area (Å²) in [6, 6.07) is 75.1. The second-order valence-electron chi connectivity index (χ2n) is 14.7. The molecule has 0 unspecified atom stereocenters. The highest BCUT2D eigenvalue weighted by molar-refractivity contribution is 7.25. The van der Waals surface area contributed by atoms with E-state index in [1.807, 2.05) is 29.5 Å². The van der Waals surface area contributed by atoms with Crippen molar-refractivity contribution in [3.63, 3.8) is 0 Å². The van der Waals surface area contributed by atoms with Gasteiger partial charge < -0.3 is 0 Å². The standard InChI is InChI=1S/C55H35N3S/c1-3-14-36(15-4-1)37-26-30-40(31-27-37)53-56-54(58-55(57-53)48-21-10-7-18-42(48)38-16-5-2-6-17-38)41-32-28-39(29-33-41)43-34-35-46(45-20-9-8-19-44(43)45)47-23-13-25-51-52(47)49-22-11-12-24-50(49)59-51/h1-35H. The van der Waals surface area contributed by atoms with E-state index in [1.54, 1.807) is 0 Å². The number of rotatable bonds is 7. The van der Waals surface area contributed by atoms with Gasteiger partial charge >= 0.3 is 0 Å². The first-order valence-corrected chi connectivity index (χ1v) is 20.7. The molecule has 11 aromatic rings. The molecule has 11 rings (SSSR count). The average molecular weight is 770 g/mol. The summed E-state index contributed by atoms with van der Waals surface area (Å²) in [5.74, 6) is 1.89. The molecule has 276 valence electrons. The van der Waals surface area contributed by atoms with Crippen LogP contribution in [0.2, 0.25) is 0 Å². The van der Waals surface area contributed by atoms with Crippen molar-refractivity contribution in [2.45, 2.75) is 0 Å². The molecule has 0 saturated heterocycles. The van der Waals surface area contributed by atoms with Gasteiger partial charge in [0.25, 0.3) is 0 Å². The van der Waals surface area contributed by atoms with Crippen molar-refractivity contribution in [3.8, 4) is 78.7 Å². The highest BCUT2D eigenvalue weighted by atomic mass is 32.1. The van der Waals surface area contributed by atoms with E-state index in [4.69, 9.17) is 15.0 Å². The van der Waals surface area contributed by atoms with Crippen LogP contribution < -0.4 is 0 Å². The first-order valence-electron chi connectivity index (χ1n) is 19.9. The molecular formula is C55H35N3S. The largest absolute Gasteiger partial charge is 0.208 e. The third-order valence-corrected chi connectivity index (χ3v) is 12.3. The molecule has 4 heteroatoms. The molecule has 0 aliphatic carbocycles. The molecule has 59 heavy (non-hydrogen) atoms. The Balaban J connectivity index is 1.01. The number of hydrogen-bond acceptors (Lipinski definition) is 4. The van der Waals surface area contributed by atoms with Gasteiger partial charge in [-0.05, 0) is 67.4 Å². The maximum absolute atomic E-state index is 5.17. The summed E-state index contributed by atoms with van der Waals surface area (Å²) in [6.07, 6.45) is 0.